The van der Waals surface area contributed by atoms with Gasteiger partial charge in [-0.1, -0.05) is 72.8 Å². The minimum absolute atomic E-state index is 0.166. The monoisotopic (exact) mass is 387 g/mol. The van der Waals surface area contributed by atoms with Gasteiger partial charge in [-0.15, -0.1) is 0 Å². The lowest BCUT2D eigenvalue weighted by Gasteiger charge is -2.34. The Balaban J connectivity index is 1.47. The van der Waals surface area contributed by atoms with Crippen molar-refractivity contribution in [1.29, 1.82) is 0 Å². The van der Waals surface area contributed by atoms with Gasteiger partial charge in [-0.3, -0.25) is 4.79 Å². The maximum absolute atomic E-state index is 13.5. The van der Waals surface area contributed by atoms with E-state index in [4.69, 9.17) is 0 Å². The number of nitrogens with zero attached hydrogens (tertiary/aromatic N) is 1. The van der Waals surface area contributed by atoms with Crippen LogP contribution in [0, 0.1) is 5.82 Å². The number of hydrogen-bond acceptors (Lipinski definition) is 1. The Labute approximate surface area is 172 Å². The van der Waals surface area contributed by atoms with E-state index in [0.717, 1.165) is 31.5 Å². The van der Waals surface area contributed by atoms with Crippen molar-refractivity contribution in [2.45, 2.75) is 31.1 Å². The fourth-order valence-electron chi connectivity index (χ4n) is 4.27. The fraction of sp³-hybridized carbons (Fsp3) is 0.269. The minimum Gasteiger partial charge on any atom is -0.342 e. The van der Waals surface area contributed by atoms with E-state index in [9.17, 15) is 9.18 Å². The molecule has 0 bridgehead atoms. The second kappa shape index (κ2) is 9.04. The summed E-state index contributed by atoms with van der Waals surface area (Å²) in [6, 6.07) is 27.1. The van der Waals surface area contributed by atoms with Crippen LogP contribution >= 0.6 is 0 Å². The highest BCUT2D eigenvalue weighted by atomic mass is 19.1. The van der Waals surface area contributed by atoms with E-state index in [1.165, 1.54) is 23.3 Å². The van der Waals surface area contributed by atoms with Crippen LogP contribution in [0.2, 0.25) is 0 Å². The van der Waals surface area contributed by atoms with Crippen molar-refractivity contribution in [3.05, 3.63) is 107 Å². The van der Waals surface area contributed by atoms with Crippen LogP contribution in [0.4, 0.5) is 4.39 Å². The summed E-state index contributed by atoms with van der Waals surface area (Å²) in [7, 11) is 0. The molecular weight excluding hydrogens is 361 g/mol. The molecule has 1 atom stereocenters. The molecule has 1 heterocycles. The zero-order valence-electron chi connectivity index (χ0n) is 16.5. The minimum atomic E-state index is -0.201. The van der Waals surface area contributed by atoms with Crippen molar-refractivity contribution in [3.63, 3.8) is 0 Å². The number of carbonyl (C=O) groups excluding carboxylic acids is 1. The van der Waals surface area contributed by atoms with Gasteiger partial charge >= 0.3 is 0 Å². The third-order valence-electron chi connectivity index (χ3n) is 5.93. The first-order chi connectivity index (χ1) is 14.2. The number of carbonyl (C=O) groups is 1. The van der Waals surface area contributed by atoms with Gasteiger partial charge in [0.25, 0.3) is 0 Å². The van der Waals surface area contributed by atoms with Gasteiger partial charge < -0.3 is 4.90 Å². The number of halogens is 1. The van der Waals surface area contributed by atoms with Gasteiger partial charge in [-0.2, -0.15) is 0 Å². The van der Waals surface area contributed by atoms with E-state index >= 15 is 0 Å². The highest BCUT2D eigenvalue weighted by Crippen LogP contribution is 2.31. The molecule has 1 unspecified atom stereocenters. The molecule has 1 aliphatic heterocycles. The molecule has 3 aromatic carbocycles. The van der Waals surface area contributed by atoms with Crippen molar-refractivity contribution < 1.29 is 9.18 Å². The van der Waals surface area contributed by atoms with E-state index in [1.54, 1.807) is 0 Å². The molecule has 0 aliphatic carbocycles. The highest BCUT2D eigenvalue weighted by Gasteiger charge is 2.29. The number of benzene rings is 3. The SMILES string of the molecule is O=C(C(Cc1ccccc1)c1ccccc1)N1CCC(c2ccc(F)cc2)CC1. The van der Waals surface area contributed by atoms with Crippen molar-refractivity contribution in [3.8, 4) is 0 Å². The third kappa shape index (κ3) is 4.73. The Kier molecular flexibility index (Phi) is 6.04. The topological polar surface area (TPSA) is 20.3 Å². The van der Waals surface area contributed by atoms with Crippen LogP contribution < -0.4 is 0 Å². The molecule has 1 fully saturated rings. The van der Waals surface area contributed by atoms with Gasteiger partial charge in [-0.25, -0.2) is 4.39 Å². The Morgan fingerprint density at radius 3 is 2.07 bits per heavy atom. The molecule has 1 amide bonds. The number of amides is 1. The first-order valence-corrected chi connectivity index (χ1v) is 10.3. The largest absolute Gasteiger partial charge is 0.342 e. The molecular formula is C26H26FNO. The summed E-state index contributed by atoms with van der Waals surface area (Å²) < 4.78 is 13.2. The van der Waals surface area contributed by atoms with Gasteiger partial charge in [0.2, 0.25) is 5.91 Å². The first kappa shape index (κ1) is 19.4. The lowest BCUT2D eigenvalue weighted by atomic mass is 9.87. The van der Waals surface area contributed by atoms with Crippen molar-refractivity contribution in [2.75, 3.05) is 13.1 Å². The Hall–Kier alpha value is -2.94. The average Bonchev–Trinajstić information content (AvgIpc) is 2.79. The van der Waals surface area contributed by atoms with Gasteiger partial charge in [0.05, 0.1) is 5.92 Å². The van der Waals surface area contributed by atoms with Crippen LogP contribution in [0.5, 0.6) is 0 Å². The molecule has 0 aromatic heterocycles. The van der Waals surface area contributed by atoms with Crippen molar-refractivity contribution in [2.24, 2.45) is 0 Å². The molecule has 0 spiro atoms. The van der Waals surface area contributed by atoms with Crippen molar-refractivity contribution in [1.82, 2.24) is 4.90 Å². The van der Waals surface area contributed by atoms with Crippen molar-refractivity contribution >= 4 is 5.91 Å². The zero-order valence-corrected chi connectivity index (χ0v) is 16.5. The molecule has 0 saturated carbocycles. The third-order valence-corrected chi connectivity index (χ3v) is 5.93. The molecule has 3 aromatic rings. The quantitative estimate of drug-likeness (QED) is 0.561. The van der Waals surface area contributed by atoms with E-state index < -0.39 is 0 Å². The zero-order chi connectivity index (χ0) is 20.1. The first-order valence-electron chi connectivity index (χ1n) is 10.3. The Bertz CT molecular complexity index is 916. The van der Waals surface area contributed by atoms with Gasteiger partial charge in [0, 0.05) is 13.1 Å². The van der Waals surface area contributed by atoms with Crippen LogP contribution in [0.1, 0.15) is 41.4 Å². The van der Waals surface area contributed by atoms with Crippen LogP contribution in [-0.4, -0.2) is 23.9 Å². The fourth-order valence-corrected chi connectivity index (χ4v) is 4.27. The molecule has 148 valence electrons. The second-order valence-corrected chi connectivity index (χ2v) is 7.80. The van der Waals surface area contributed by atoms with Crippen LogP contribution in [0.15, 0.2) is 84.9 Å². The standard InChI is InChI=1S/C26H26FNO/c27-24-13-11-21(12-14-24)22-15-17-28(18-16-22)26(29)25(23-9-5-2-6-10-23)19-20-7-3-1-4-8-20/h1-14,22,25H,15-19H2. The summed E-state index contributed by atoms with van der Waals surface area (Å²) in [5, 5.41) is 0. The summed E-state index contributed by atoms with van der Waals surface area (Å²) >= 11 is 0. The van der Waals surface area contributed by atoms with Gasteiger partial charge in [0.1, 0.15) is 5.82 Å². The maximum Gasteiger partial charge on any atom is 0.230 e. The average molecular weight is 387 g/mol. The van der Waals surface area contributed by atoms with E-state index in [1.807, 2.05) is 53.4 Å². The lowest BCUT2D eigenvalue weighted by Crippen LogP contribution is -2.41. The lowest BCUT2D eigenvalue weighted by molar-refractivity contribution is -0.133. The molecule has 29 heavy (non-hydrogen) atoms. The molecule has 1 aliphatic rings. The summed E-state index contributed by atoms with van der Waals surface area (Å²) in [5.74, 6) is 0.232. The normalized spacial score (nSPS) is 15.8. The highest BCUT2D eigenvalue weighted by molar-refractivity contribution is 5.84. The Morgan fingerprint density at radius 2 is 1.45 bits per heavy atom. The van der Waals surface area contributed by atoms with E-state index in [0.29, 0.717) is 12.3 Å². The molecule has 0 N–H and O–H groups in total. The van der Waals surface area contributed by atoms with Crippen LogP contribution in [-0.2, 0) is 11.2 Å². The smallest absolute Gasteiger partial charge is 0.230 e. The molecule has 3 heteroatoms. The van der Waals surface area contributed by atoms with Gasteiger partial charge in [-0.05, 0) is 54.0 Å². The number of likely N-dealkylation sites (tertiary alicyclic amines) is 1. The summed E-state index contributed by atoms with van der Waals surface area (Å²) in [4.78, 5) is 15.5. The Morgan fingerprint density at radius 1 is 0.862 bits per heavy atom. The summed E-state index contributed by atoms with van der Waals surface area (Å²) in [5.41, 5.74) is 3.42. The summed E-state index contributed by atoms with van der Waals surface area (Å²) in [6.45, 7) is 1.50. The predicted octanol–water partition coefficient (Wildman–Crippen LogP) is 5.56. The molecule has 0 radical (unpaired) electrons. The van der Waals surface area contributed by atoms with E-state index in [-0.39, 0.29) is 17.6 Å². The molecule has 4 rings (SSSR count). The van der Waals surface area contributed by atoms with Crippen LogP contribution in [0.3, 0.4) is 0 Å². The second-order valence-electron chi connectivity index (χ2n) is 7.80. The number of hydrogen-bond donors (Lipinski definition) is 0. The van der Waals surface area contributed by atoms with Crippen LogP contribution in [0.25, 0.3) is 0 Å². The molecule has 1 saturated heterocycles. The number of piperidine rings is 1. The summed E-state index contributed by atoms with van der Waals surface area (Å²) in [6.07, 6.45) is 2.55. The molecule has 2 nitrogen and oxygen atoms in total. The number of rotatable bonds is 5. The maximum atomic E-state index is 13.5. The van der Waals surface area contributed by atoms with Gasteiger partial charge in [0.15, 0.2) is 0 Å². The predicted molar refractivity (Wildman–Crippen MR) is 114 cm³/mol. The van der Waals surface area contributed by atoms with E-state index in [2.05, 4.69) is 24.3 Å².